The van der Waals surface area contributed by atoms with Crippen LogP contribution in [0.5, 0.6) is 5.75 Å². The maximum atomic E-state index is 12.3. The number of pyridine rings is 2. The molecule has 2 aromatic carbocycles. The molecule has 1 aliphatic heterocycles. The normalized spacial score (nSPS) is 14.3. The summed E-state index contributed by atoms with van der Waals surface area (Å²) >= 11 is 0. The van der Waals surface area contributed by atoms with Gasteiger partial charge in [0.25, 0.3) is 0 Å². The van der Waals surface area contributed by atoms with Gasteiger partial charge in [0.05, 0.1) is 22.0 Å². The molecule has 0 bridgehead atoms. The average molecular weight is 301 g/mol. The molecule has 110 valence electrons. The Labute approximate surface area is 130 Å². The van der Waals surface area contributed by atoms with Gasteiger partial charge in [-0.15, -0.1) is 0 Å². The summed E-state index contributed by atoms with van der Waals surface area (Å²) in [7, 11) is 0. The van der Waals surface area contributed by atoms with Crippen molar-refractivity contribution >= 4 is 38.5 Å². The molecular weight excluding hydrogens is 290 g/mol. The van der Waals surface area contributed by atoms with Crippen molar-refractivity contribution in [1.82, 2.24) is 9.97 Å². The number of rotatable bonds is 0. The number of hydrogen-bond acceptors (Lipinski definition) is 5. The summed E-state index contributed by atoms with van der Waals surface area (Å²) in [5.41, 5.74) is 2.16. The summed E-state index contributed by atoms with van der Waals surface area (Å²) in [4.78, 5) is 25.8. The van der Waals surface area contributed by atoms with Gasteiger partial charge in [0.15, 0.2) is 11.5 Å². The molecule has 5 nitrogen and oxygen atoms in total. The van der Waals surface area contributed by atoms with Gasteiger partial charge in [-0.05, 0) is 17.5 Å². The zero-order valence-electron chi connectivity index (χ0n) is 12.1. The molecule has 1 aliphatic rings. The zero-order chi connectivity index (χ0) is 15.6. The van der Waals surface area contributed by atoms with Crippen LogP contribution in [0.25, 0.3) is 32.7 Å². The Kier molecular flexibility index (Phi) is 2.29. The second kappa shape index (κ2) is 4.23. The van der Waals surface area contributed by atoms with Crippen LogP contribution in [0.15, 0.2) is 41.5 Å². The van der Waals surface area contributed by atoms with Crippen LogP contribution in [-0.2, 0) is 0 Å². The number of aromatic hydroxyl groups is 1. The first kappa shape index (κ1) is 12.5. The van der Waals surface area contributed by atoms with Crippen LogP contribution in [0.4, 0.5) is 0 Å². The molecule has 5 rings (SSSR count). The third-order valence-corrected chi connectivity index (χ3v) is 4.42. The van der Waals surface area contributed by atoms with Crippen LogP contribution in [0.3, 0.4) is 0 Å². The van der Waals surface area contributed by atoms with Crippen molar-refractivity contribution in [2.24, 2.45) is 4.99 Å². The van der Waals surface area contributed by atoms with Gasteiger partial charge in [-0.3, -0.25) is 14.8 Å². The Morgan fingerprint density at radius 1 is 1.04 bits per heavy atom. The minimum absolute atomic E-state index is 0.0800. The number of nitrogens with zero attached hydrogens (tertiary/aromatic N) is 3. The van der Waals surface area contributed by atoms with Gasteiger partial charge < -0.3 is 5.11 Å². The maximum Gasteiger partial charge on any atom is 0.170 e. The van der Waals surface area contributed by atoms with E-state index in [1.165, 1.54) is 0 Å². The van der Waals surface area contributed by atoms with Crippen molar-refractivity contribution in [3.05, 3.63) is 47.4 Å². The molecule has 0 fully saturated rings. The molecule has 2 aromatic heterocycles. The molecule has 0 saturated heterocycles. The van der Waals surface area contributed by atoms with Crippen molar-refractivity contribution in [3.8, 4) is 5.75 Å². The van der Waals surface area contributed by atoms with Gasteiger partial charge in [-0.2, -0.15) is 0 Å². The van der Waals surface area contributed by atoms with Gasteiger partial charge in [0, 0.05) is 29.9 Å². The summed E-state index contributed by atoms with van der Waals surface area (Å²) in [6.45, 7) is 0.427. The molecule has 3 heterocycles. The molecule has 1 N–H and O–H groups in total. The molecule has 4 aromatic rings. The Morgan fingerprint density at radius 2 is 1.91 bits per heavy atom. The number of Topliss-reactive ketones (excluding diaryl/α,β-unsaturated/α-hetero) is 1. The molecule has 0 atom stereocenters. The van der Waals surface area contributed by atoms with Gasteiger partial charge in [-0.1, -0.05) is 18.2 Å². The highest BCUT2D eigenvalue weighted by atomic mass is 16.3. The Hall–Kier alpha value is -3.08. The van der Waals surface area contributed by atoms with Crippen molar-refractivity contribution in [2.45, 2.75) is 6.42 Å². The number of benzene rings is 2. The minimum atomic E-state index is -0.105. The zero-order valence-corrected chi connectivity index (χ0v) is 12.1. The smallest absolute Gasteiger partial charge is 0.170 e. The second-order valence-corrected chi connectivity index (χ2v) is 5.69. The minimum Gasteiger partial charge on any atom is -0.505 e. The lowest BCUT2D eigenvalue weighted by Crippen LogP contribution is -2.24. The fourth-order valence-corrected chi connectivity index (χ4v) is 3.41. The molecule has 23 heavy (non-hydrogen) atoms. The highest BCUT2D eigenvalue weighted by Crippen LogP contribution is 2.35. The standard InChI is InChI=1S/C18H11N3O2/c22-12-6-8-19-15-14(12)18(23)17-13-10(5-7-20-17)9-3-1-2-4-11(9)21-16(13)15/h1-5,7,23H,6,8H2. The van der Waals surface area contributed by atoms with E-state index in [4.69, 9.17) is 4.98 Å². The molecule has 0 saturated carbocycles. The summed E-state index contributed by atoms with van der Waals surface area (Å²) in [5.74, 6) is -0.185. The second-order valence-electron chi connectivity index (χ2n) is 5.69. The number of carbonyl (C=O) groups excluding carboxylic acids is 1. The molecule has 0 radical (unpaired) electrons. The van der Waals surface area contributed by atoms with E-state index < -0.39 is 0 Å². The topological polar surface area (TPSA) is 75.4 Å². The van der Waals surface area contributed by atoms with E-state index in [2.05, 4.69) is 9.98 Å². The van der Waals surface area contributed by atoms with Crippen molar-refractivity contribution in [3.63, 3.8) is 0 Å². The van der Waals surface area contributed by atoms with E-state index in [0.29, 0.717) is 29.4 Å². The summed E-state index contributed by atoms with van der Waals surface area (Å²) in [6, 6.07) is 9.73. The predicted octanol–water partition coefficient (Wildman–Crippen LogP) is 2.57. The third-order valence-electron chi connectivity index (χ3n) is 4.42. The monoisotopic (exact) mass is 301 g/mol. The third kappa shape index (κ3) is 1.51. The molecule has 0 aliphatic carbocycles. The number of carbonyl (C=O) groups is 1. The lowest BCUT2D eigenvalue weighted by atomic mass is 9.96. The molecule has 0 spiro atoms. The number of aromatic nitrogens is 2. The highest BCUT2D eigenvalue weighted by molar-refractivity contribution is 6.21. The van der Waals surface area contributed by atoms with Gasteiger partial charge in [0.1, 0.15) is 5.52 Å². The average Bonchev–Trinajstić information content (AvgIpc) is 2.59. The van der Waals surface area contributed by atoms with Crippen molar-refractivity contribution in [1.29, 1.82) is 0 Å². The van der Waals surface area contributed by atoms with E-state index in [0.717, 1.165) is 21.7 Å². The number of hydrogen-bond donors (Lipinski definition) is 1. The number of ketones is 1. The summed E-state index contributed by atoms with van der Waals surface area (Å²) in [5, 5.41) is 13.8. The lowest BCUT2D eigenvalue weighted by molar-refractivity contribution is 0.0977. The fraction of sp³-hybridized carbons (Fsp3) is 0.111. The Bertz CT molecular complexity index is 1200. The summed E-state index contributed by atoms with van der Waals surface area (Å²) in [6.07, 6.45) is 1.96. The van der Waals surface area contributed by atoms with E-state index in [9.17, 15) is 9.90 Å². The Balaban J connectivity index is 2.19. The first-order valence-electron chi connectivity index (χ1n) is 7.45. The van der Waals surface area contributed by atoms with Gasteiger partial charge in [0.2, 0.25) is 0 Å². The first-order valence-corrected chi connectivity index (χ1v) is 7.45. The molecular formula is C18H11N3O2. The van der Waals surface area contributed by atoms with Crippen molar-refractivity contribution in [2.75, 3.05) is 6.54 Å². The SMILES string of the molecule is O=C1CCN=c2c1c(O)c1nccc3c4ccccc4nc2c13. The number of phenolic OH excluding ortho intramolecular Hbond substituents is 1. The van der Waals surface area contributed by atoms with Crippen molar-refractivity contribution < 1.29 is 9.90 Å². The van der Waals surface area contributed by atoms with E-state index in [-0.39, 0.29) is 17.1 Å². The van der Waals surface area contributed by atoms with Gasteiger partial charge >= 0.3 is 0 Å². The predicted molar refractivity (Wildman–Crippen MR) is 86.8 cm³/mol. The number of phenols is 1. The lowest BCUT2D eigenvalue weighted by Gasteiger charge is -2.15. The van der Waals surface area contributed by atoms with Crippen LogP contribution in [0.2, 0.25) is 0 Å². The number of para-hydroxylation sites is 1. The Morgan fingerprint density at radius 3 is 2.83 bits per heavy atom. The van der Waals surface area contributed by atoms with Crippen LogP contribution in [0, 0.1) is 0 Å². The van der Waals surface area contributed by atoms with E-state index >= 15 is 0 Å². The highest BCUT2D eigenvalue weighted by Gasteiger charge is 2.25. The van der Waals surface area contributed by atoms with Crippen LogP contribution in [0.1, 0.15) is 16.8 Å². The van der Waals surface area contributed by atoms with Crippen LogP contribution in [-0.4, -0.2) is 27.4 Å². The van der Waals surface area contributed by atoms with Gasteiger partial charge in [-0.25, -0.2) is 4.98 Å². The molecule has 0 unspecified atom stereocenters. The quantitative estimate of drug-likeness (QED) is 0.400. The largest absolute Gasteiger partial charge is 0.505 e. The number of fused-ring (bicyclic) bond motifs is 4. The van der Waals surface area contributed by atoms with E-state index in [1.54, 1.807) is 6.20 Å². The fourth-order valence-electron chi connectivity index (χ4n) is 3.41. The molecule has 0 amide bonds. The molecule has 5 heteroatoms. The maximum absolute atomic E-state index is 12.3. The van der Waals surface area contributed by atoms with E-state index in [1.807, 2.05) is 30.3 Å². The van der Waals surface area contributed by atoms with Crippen LogP contribution >= 0.6 is 0 Å². The summed E-state index contributed by atoms with van der Waals surface area (Å²) < 4.78 is 0. The van der Waals surface area contributed by atoms with Crippen LogP contribution < -0.4 is 5.36 Å². The first-order chi connectivity index (χ1) is 11.3.